The van der Waals surface area contributed by atoms with Crippen molar-refractivity contribution in [3.63, 3.8) is 0 Å². The van der Waals surface area contributed by atoms with E-state index in [0.29, 0.717) is 16.4 Å². The lowest BCUT2D eigenvalue weighted by atomic mass is 9.66. The standard InChI is InChI=1S/C29H34ClN3O4S/c1-4-16(2)21(15-34)33-25(27(36)32-20-13-9-8-12-19(20)30)29-17(3)14-22(38-29)23(24(29)28(33)37)26(35)31-18-10-6-5-7-11-18/h5-13,16-17,21-25,34H,4,14-15H2,1-3H3,(H,31,35)(H,32,36)/t16-,17?,21-,22+,23-,24-,25?,29?/m0/s1. The van der Waals surface area contributed by atoms with Crippen LogP contribution in [-0.2, 0) is 14.4 Å². The lowest BCUT2D eigenvalue weighted by Gasteiger charge is -2.41. The number of anilines is 2. The third kappa shape index (κ3) is 4.21. The van der Waals surface area contributed by atoms with Crippen LogP contribution in [0.2, 0.25) is 5.02 Å². The van der Waals surface area contributed by atoms with E-state index >= 15 is 0 Å². The van der Waals surface area contributed by atoms with Gasteiger partial charge in [-0.1, -0.05) is 69.1 Å². The number of likely N-dealkylation sites (tertiary alicyclic amines) is 1. The second-order valence-electron chi connectivity index (χ2n) is 10.8. The Hall–Kier alpha value is -2.55. The normalized spacial score (nSPS) is 31.1. The van der Waals surface area contributed by atoms with Crippen LogP contribution < -0.4 is 10.6 Å². The highest BCUT2D eigenvalue weighted by Gasteiger charge is 2.76. The Morgan fingerprint density at radius 2 is 1.82 bits per heavy atom. The van der Waals surface area contributed by atoms with E-state index in [4.69, 9.17) is 11.6 Å². The van der Waals surface area contributed by atoms with Gasteiger partial charge in [0.25, 0.3) is 0 Å². The van der Waals surface area contributed by atoms with E-state index in [9.17, 15) is 19.5 Å². The number of thioether (sulfide) groups is 1. The number of aliphatic hydroxyl groups is 1. The Labute approximate surface area is 232 Å². The highest BCUT2D eigenvalue weighted by molar-refractivity contribution is 8.02. The number of carbonyl (C=O) groups is 3. The van der Waals surface area contributed by atoms with Crippen LogP contribution in [-0.4, -0.2) is 56.4 Å². The summed E-state index contributed by atoms with van der Waals surface area (Å²) in [5.41, 5.74) is 1.15. The Morgan fingerprint density at radius 1 is 1.13 bits per heavy atom. The maximum Gasteiger partial charge on any atom is 0.248 e. The molecule has 0 radical (unpaired) electrons. The van der Waals surface area contributed by atoms with Crippen LogP contribution in [0.25, 0.3) is 0 Å². The Kier molecular flexibility index (Phi) is 7.50. The van der Waals surface area contributed by atoms with Gasteiger partial charge in [0.2, 0.25) is 17.7 Å². The lowest BCUT2D eigenvalue weighted by Crippen LogP contribution is -2.58. The Bertz CT molecular complexity index is 1230. The molecule has 9 heteroatoms. The first kappa shape index (κ1) is 27.0. The average molecular weight is 556 g/mol. The molecule has 2 bridgehead atoms. The zero-order valence-corrected chi connectivity index (χ0v) is 23.3. The van der Waals surface area contributed by atoms with E-state index in [0.717, 1.165) is 12.8 Å². The van der Waals surface area contributed by atoms with Crippen LogP contribution >= 0.6 is 23.4 Å². The molecular weight excluding hydrogens is 522 g/mol. The molecule has 3 amide bonds. The molecule has 0 saturated carbocycles. The second kappa shape index (κ2) is 10.5. The van der Waals surface area contributed by atoms with Crippen molar-refractivity contribution in [3.8, 4) is 0 Å². The predicted octanol–water partition coefficient (Wildman–Crippen LogP) is 4.66. The van der Waals surface area contributed by atoms with Crippen LogP contribution in [0.4, 0.5) is 11.4 Å². The molecule has 3 N–H and O–H groups in total. The minimum Gasteiger partial charge on any atom is -0.394 e. The Balaban J connectivity index is 1.57. The van der Waals surface area contributed by atoms with Crippen molar-refractivity contribution in [3.05, 3.63) is 59.6 Å². The molecule has 8 atom stereocenters. The summed E-state index contributed by atoms with van der Waals surface area (Å²) in [6.07, 6.45) is 1.47. The first-order valence-corrected chi connectivity index (χ1v) is 14.5. The highest BCUT2D eigenvalue weighted by Crippen LogP contribution is 2.69. The van der Waals surface area contributed by atoms with Gasteiger partial charge in [-0.15, -0.1) is 11.8 Å². The fraction of sp³-hybridized carbons (Fsp3) is 0.483. The number of benzene rings is 2. The summed E-state index contributed by atoms with van der Waals surface area (Å²) >= 11 is 7.98. The maximum atomic E-state index is 14.4. The highest BCUT2D eigenvalue weighted by atomic mass is 35.5. The van der Waals surface area contributed by atoms with E-state index in [1.807, 2.05) is 44.2 Å². The summed E-state index contributed by atoms with van der Waals surface area (Å²) in [4.78, 5) is 43.8. The minimum atomic E-state index is -0.845. The van der Waals surface area contributed by atoms with E-state index in [1.54, 1.807) is 40.9 Å². The van der Waals surface area contributed by atoms with Crippen molar-refractivity contribution in [2.75, 3.05) is 17.2 Å². The third-order valence-corrected chi connectivity index (χ3v) is 11.2. The molecule has 3 heterocycles. The number of para-hydroxylation sites is 2. The smallest absolute Gasteiger partial charge is 0.248 e. The average Bonchev–Trinajstić information content (AvgIpc) is 3.50. The van der Waals surface area contributed by atoms with Gasteiger partial charge < -0.3 is 20.6 Å². The van der Waals surface area contributed by atoms with Gasteiger partial charge in [-0.3, -0.25) is 14.4 Å². The topological polar surface area (TPSA) is 98.7 Å². The fourth-order valence-electron chi connectivity index (χ4n) is 6.74. The minimum absolute atomic E-state index is 0.0236. The van der Waals surface area contributed by atoms with Crippen molar-refractivity contribution < 1.29 is 19.5 Å². The van der Waals surface area contributed by atoms with Gasteiger partial charge in [-0.05, 0) is 42.5 Å². The van der Waals surface area contributed by atoms with Crippen LogP contribution in [0, 0.1) is 23.7 Å². The van der Waals surface area contributed by atoms with Gasteiger partial charge in [0, 0.05) is 10.9 Å². The van der Waals surface area contributed by atoms with Gasteiger partial charge in [0.1, 0.15) is 6.04 Å². The number of fused-ring (bicyclic) bond motifs is 1. The molecule has 0 aliphatic carbocycles. The zero-order chi connectivity index (χ0) is 27.2. The van der Waals surface area contributed by atoms with Gasteiger partial charge >= 0.3 is 0 Å². The molecule has 202 valence electrons. The first-order chi connectivity index (χ1) is 18.2. The molecule has 2 aromatic carbocycles. The summed E-state index contributed by atoms with van der Waals surface area (Å²) in [5, 5.41) is 16.8. The van der Waals surface area contributed by atoms with Crippen molar-refractivity contribution >= 4 is 52.5 Å². The number of rotatable bonds is 8. The van der Waals surface area contributed by atoms with Crippen LogP contribution in [0.3, 0.4) is 0 Å². The third-order valence-electron chi connectivity index (χ3n) is 8.75. The molecule has 0 aromatic heterocycles. The Morgan fingerprint density at radius 3 is 2.47 bits per heavy atom. The molecule has 38 heavy (non-hydrogen) atoms. The molecule has 1 spiro atoms. The predicted molar refractivity (Wildman–Crippen MR) is 151 cm³/mol. The number of carbonyl (C=O) groups excluding carboxylic acids is 3. The van der Waals surface area contributed by atoms with Crippen molar-refractivity contribution in [2.45, 2.75) is 55.7 Å². The summed E-state index contributed by atoms with van der Waals surface area (Å²) in [6, 6.07) is 14.8. The monoisotopic (exact) mass is 555 g/mol. The molecule has 3 aliphatic rings. The maximum absolute atomic E-state index is 14.4. The van der Waals surface area contributed by atoms with Gasteiger partial charge in [0.15, 0.2) is 0 Å². The molecule has 3 unspecified atom stereocenters. The van der Waals surface area contributed by atoms with Gasteiger partial charge in [-0.25, -0.2) is 0 Å². The first-order valence-electron chi connectivity index (χ1n) is 13.3. The van der Waals surface area contributed by atoms with Crippen LogP contribution in [0.5, 0.6) is 0 Å². The molecular formula is C29H34ClN3O4S. The number of hydrogen-bond acceptors (Lipinski definition) is 5. The molecule has 3 aliphatic heterocycles. The lowest BCUT2D eigenvalue weighted by molar-refractivity contribution is -0.142. The summed E-state index contributed by atoms with van der Waals surface area (Å²) in [7, 11) is 0. The van der Waals surface area contributed by atoms with Crippen molar-refractivity contribution in [1.29, 1.82) is 0 Å². The largest absolute Gasteiger partial charge is 0.394 e. The van der Waals surface area contributed by atoms with Gasteiger partial charge in [0.05, 0.1) is 39.9 Å². The second-order valence-corrected chi connectivity index (χ2v) is 12.7. The number of nitrogens with zero attached hydrogens (tertiary/aromatic N) is 1. The van der Waals surface area contributed by atoms with Gasteiger partial charge in [-0.2, -0.15) is 0 Å². The van der Waals surface area contributed by atoms with E-state index in [-0.39, 0.29) is 41.4 Å². The zero-order valence-electron chi connectivity index (χ0n) is 21.8. The fourth-order valence-corrected chi connectivity index (χ4v) is 9.33. The molecule has 2 aromatic rings. The van der Waals surface area contributed by atoms with E-state index in [1.165, 1.54) is 0 Å². The quantitative estimate of drug-likeness (QED) is 0.440. The number of amides is 3. The number of hydrogen-bond donors (Lipinski definition) is 3. The summed E-state index contributed by atoms with van der Waals surface area (Å²) in [6.45, 7) is 5.80. The summed E-state index contributed by atoms with van der Waals surface area (Å²) < 4.78 is -0.785. The number of aliphatic hydroxyl groups excluding tert-OH is 1. The molecule has 7 nitrogen and oxygen atoms in total. The molecule has 3 fully saturated rings. The van der Waals surface area contributed by atoms with Crippen LogP contribution in [0.1, 0.15) is 33.6 Å². The van der Waals surface area contributed by atoms with Crippen molar-refractivity contribution in [1.82, 2.24) is 4.90 Å². The SMILES string of the molecule is CC[C@H](C)[C@H](CO)N1C(=O)[C@@H]2[C@@H](C(=O)Nc3ccccc3)[C@H]3CC(C)C2(S3)C1C(=O)Nc1ccccc1Cl. The number of nitrogens with one attached hydrogen (secondary N) is 2. The van der Waals surface area contributed by atoms with E-state index < -0.39 is 28.7 Å². The molecule has 3 saturated heterocycles. The van der Waals surface area contributed by atoms with Crippen LogP contribution in [0.15, 0.2) is 54.6 Å². The van der Waals surface area contributed by atoms with E-state index in [2.05, 4.69) is 17.6 Å². The molecule has 5 rings (SSSR count). The number of halogens is 1. The van der Waals surface area contributed by atoms with Crippen molar-refractivity contribution in [2.24, 2.45) is 23.7 Å². The summed E-state index contributed by atoms with van der Waals surface area (Å²) in [5.74, 6) is -2.00.